The van der Waals surface area contributed by atoms with E-state index in [4.69, 9.17) is 16.3 Å². The van der Waals surface area contributed by atoms with Crippen LogP contribution in [-0.4, -0.2) is 51.9 Å². The van der Waals surface area contributed by atoms with E-state index in [9.17, 15) is 31.2 Å². The van der Waals surface area contributed by atoms with Gasteiger partial charge in [-0.2, -0.15) is 13.2 Å². The molecular formula is C28H29ClF3N3O5S. The molecule has 3 rings (SSSR count). The summed E-state index contributed by atoms with van der Waals surface area (Å²) in [5, 5.41) is 1.87. The zero-order valence-corrected chi connectivity index (χ0v) is 24.1. The fourth-order valence-electron chi connectivity index (χ4n) is 4.15. The number of carbonyl (C=O) groups excluding carboxylic acids is 2. The second kappa shape index (κ2) is 13.3. The van der Waals surface area contributed by atoms with E-state index in [1.165, 1.54) is 43.3 Å². The zero-order valence-electron chi connectivity index (χ0n) is 22.5. The van der Waals surface area contributed by atoms with Crippen molar-refractivity contribution in [3.63, 3.8) is 0 Å². The molecule has 3 aromatic carbocycles. The minimum atomic E-state index is -4.88. The van der Waals surface area contributed by atoms with Gasteiger partial charge in [0.2, 0.25) is 11.8 Å². The molecule has 0 fully saturated rings. The predicted molar refractivity (Wildman–Crippen MR) is 149 cm³/mol. The van der Waals surface area contributed by atoms with Gasteiger partial charge in [0.15, 0.2) is 0 Å². The van der Waals surface area contributed by atoms with E-state index in [0.717, 1.165) is 12.1 Å². The maximum atomic E-state index is 13.9. The van der Waals surface area contributed by atoms with Crippen LogP contribution in [0.4, 0.5) is 18.9 Å². The molecule has 41 heavy (non-hydrogen) atoms. The van der Waals surface area contributed by atoms with Gasteiger partial charge in [-0.15, -0.1) is 0 Å². The maximum Gasteiger partial charge on any atom is 0.417 e. The van der Waals surface area contributed by atoms with Crippen LogP contribution < -0.4 is 14.4 Å². The molecule has 0 aromatic heterocycles. The summed E-state index contributed by atoms with van der Waals surface area (Å²) in [6.45, 7) is 0.712. The Labute approximate surface area is 241 Å². The van der Waals surface area contributed by atoms with E-state index in [0.29, 0.717) is 21.7 Å². The molecule has 220 valence electrons. The number of hydrogen-bond acceptors (Lipinski definition) is 5. The lowest BCUT2D eigenvalue weighted by molar-refractivity contribution is -0.140. The van der Waals surface area contributed by atoms with E-state index in [2.05, 4.69) is 5.32 Å². The van der Waals surface area contributed by atoms with Crippen molar-refractivity contribution in [2.75, 3.05) is 25.0 Å². The van der Waals surface area contributed by atoms with Gasteiger partial charge in [0, 0.05) is 13.6 Å². The summed E-state index contributed by atoms with van der Waals surface area (Å²) in [4.78, 5) is 27.6. The molecular weight excluding hydrogens is 583 g/mol. The summed E-state index contributed by atoms with van der Waals surface area (Å²) >= 11 is 5.78. The number of amides is 2. The number of rotatable bonds is 11. The molecule has 0 aliphatic carbocycles. The number of hydrogen-bond donors (Lipinski definition) is 1. The number of benzene rings is 3. The van der Waals surface area contributed by atoms with Gasteiger partial charge in [-0.05, 0) is 54.4 Å². The van der Waals surface area contributed by atoms with Gasteiger partial charge in [-0.25, -0.2) is 8.42 Å². The lowest BCUT2D eigenvalue weighted by atomic mass is 10.1. The summed E-state index contributed by atoms with van der Waals surface area (Å²) in [7, 11) is -1.64. The maximum absolute atomic E-state index is 13.9. The number of nitrogens with one attached hydrogen (secondary N) is 1. The highest BCUT2D eigenvalue weighted by Gasteiger charge is 2.37. The van der Waals surface area contributed by atoms with Crippen LogP contribution in [0.5, 0.6) is 5.75 Å². The van der Waals surface area contributed by atoms with Crippen LogP contribution in [0.2, 0.25) is 5.02 Å². The number of anilines is 1. The highest BCUT2D eigenvalue weighted by molar-refractivity contribution is 7.92. The molecule has 1 unspecified atom stereocenters. The minimum absolute atomic E-state index is 0.0810. The molecule has 0 saturated carbocycles. The Kier molecular flexibility index (Phi) is 10.3. The fourth-order valence-corrected chi connectivity index (χ4v) is 5.80. The fraction of sp³-hybridized carbons (Fsp3) is 0.286. The zero-order chi connectivity index (χ0) is 30.4. The average molecular weight is 612 g/mol. The van der Waals surface area contributed by atoms with Gasteiger partial charge >= 0.3 is 6.18 Å². The first kappa shape index (κ1) is 31.8. The molecule has 1 atom stereocenters. The monoisotopic (exact) mass is 611 g/mol. The second-order valence-electron chi connectivity index (χ2n) is 8.89. The molecule has 1 N–H and O–H groups in total. The number of ether oxygens (including phenoxy) is 1. The molecule has 13 heteroatoms. The van der Waals surface area contributed by atoms with Gasteiger partial charge in [-0.1, -0.05) is 48.9 Å². The molecule has 2 amide bonds. The quantitative estimate of drug-likeness (QED) is 0.325. The predicted octanol–water partition coefficient (Wildman–Crippen LogP) is 5.12. The van der Waals surface area contributed by atoms with Gasteiger partial charge in [0.05, 0.1) is 28.3 Å². The van der Waals surface area contributed by atoms with E-state index < -0.39 is 56.9 Å². The van der Waals surface area contributed by atoms with Crippen molar-refractivity contribution < 1.29 is 35.9 Å². The Hall–Kier alpha value is -3.77. The van der Waals surface area contributed by atoms with E-state index in [1.54, 1.807) is 37.3 Å². The highest BCUT2D eigenvalue weighted by atomic mass is 35.5. The van der Waals surface area contributed by atoms with Crippen molar-refractivity contribution in [1.29, 1.82) is 0 Å². The topological polar surface area (TPSA) is 96.0 Å². The molecule has 0 heterocycles. The third kappa shape index (κ3) is 7.50. The molecule has 0 spiro atoms. The van der Waals surface area contributed by atoms with E-state index in [1.807, 2.05) is 0 Å². The first-order valence-corrected chi connectivity index (χ1v) is 14.2. The molecule has 0 aliphatic heterocycles. The summed E-state index contributed by atoms with van der Waals surface area (Å²) in [6, 6.07) is 15.3. The number of nitrogens with zero attached hydrogens (tertiary/aromatic N) is 2. The van der Waals surface area contributed by atoms with Crippen molar-refractivity contribution in [3.8, 4) is 5.75 Å². The van der Waals surface area contributed by atoms with Crippen LogP contribution in [0.25, 0.3) is 0 Å². The Morgan fingerprint density at radius 2 is 1.66 bits per heavy atom. The van der Waals surface area contributed by atoms with Gasteiger partial charge in [-0.3, -0.25) is 13.9 Å². The van der Waals surface area contributed by atoms with Crippen LogP contribution >= 0.6 is 11.6 Å². The molecule has 0 saturated heterocycles. The van der Waals surface area contributed by atoms with Crippen molar-refractivity contribution in [1.82, 2.24) is 10.2 Å². The summed E-state index contributed by atoms with van der Waals surface area (Å²) in [5.41, 5.74) is -1.06. The number of carbonyl (C=O) groups is 2. The number of methoxy groups -OCH3 is 1. The van der Waals surface area contributed by atoms with Crippen LogP contribution in [0.15, 0.2) is 77.7 Å². The van der Waals surface area contributed by atoms with Crippen LogP contribution in [0.1, 0.15) is 24.5 Å². The third-order valence-electron chi connectivity index (χ3n) is 6.30. The lowest BCUT2D eigenvalue weighted by Crippen LogP contribution is -2.51. The number of likely N-dealkylation sites (N-methyl/N-ethyl adjacent to an activating group) is 1. The summed E-state index contributed by atoms with van der Waals surface area (Å²) in [5.74, 6) is -0.731. The van der Waals surface area contributed by atoms with Crippen molar-refractivity contribution >= 4 is 39.1 Å². The van der Waals surface area contributed by atoms with Crippen molar-refractivity contribution in [2.24, 2.45) is 0 Å². The lowest BCUT2D eigenvalue weighted by Gasteiger charge is -2.33. The van der Waals surface area contributed by atoms with Crippen LogP contribution in [0.3, 0.4) is 0 Å². The molecule has 0 aliphatic rings. The largest absolute Gasteiger partial charge is 0.497 e. The smallest absolute Gasteiger partial charge is 0.417 e. The normalized spacial score (nSPS) is 12.4. The Balaban J connectivity index is 2.12. The number of sulfonamides is 1. The van der Waals surface area contributed by atoms with Crippen LogP contribution in [0, 0.1) is 0 Å². The first-order chi connectivity index (χ1) is 19.3. The average Bonchev–Trinajstić information content (AvgIpc) is 2.96. The van der Waals surface area contributed by atoms with E-state index in [-0.39, 0.29) is 17.9 Å². The summed E-state index contributed by atoms with van der Waals surface area (Å²) < 4.78 is 74.3. The standard InChI is InChI=1S/C28H29ClF3N3O5S/c1-4-25(27(37)33-2)34(17-19-10-13-21(40-3)14-11-19)26(36)18-35(41(38,39)22-8-6-5-7-9-22)20-12-15-24(29)23(16-20)28(30,31)32/h5-16,25H,4,17-18H2,1-3H3,(H,33,37). The third-order valence-corrected chi connectivity index (χ3v) is 8.42. The SMILES string of the molecule is CCC(C(=O)NC)N(Cc1ccc(OC)cc1)C(=O)CN(c1ccc(Cl)c(C(F)(F)F)c1)S(=O)(=O)c1ccccc1. The molecule has 0 bridgehead atoms. The Morgan fingerprint density at radius 3 is 2.20 bits per heavy atom. The summed E-state index contributed by atoms with van der Waals surface area (Å²) in [6.07, 6.45) is -4.70. The Morgan fingerprint density at radius 1 is 1.02 bits per heavy atom. The minimum Gasteiger partial charge on any atom is -0.497 e. The van der Waals surface area contributed by atoms with Gasteiger partial charge < -0.3 is 15.0 Å². The highest BCUT2D eigenvalue weighted by Crippen LogP contribution is 2.38. The number of alkyl halides is 3. The first-order valence-electron chi connectivity index (χ1n) is 12.4. The molecule has 8 nitrogen and oxygen atoms in total. The number of halogens is 4. The van der Waals surface area contributed by atoms with E-state index >= 15 is 0 Å². The van der Waals surface area contributed by atoms with Crippen LogP contribution in [-0.2, 0) is 32.3 Å². The Bertz CT molecular complexity index is 1470. The van der Waals surface area contributed by atoms with Crippen molar-refractivity contribution in [3.05, 3.63) is 88.9 Å². The van der Waals surface area contributed by atoms with Gasteiger partial charge in [0.1, 0.15) is 18.3 Å². The van der Waals surface area contributed by atoms with Gasteiger partial charge in [0.25, 0.3) is 10.0 Å². The molecule has 0 radical (unpaired) electrons. The second-order valence-corrected chi connectivity index (χ2v) is 11.2. The molecule has 3 aromatic rings. The van der Waals surface area contributed by atoms with Crippen molar-refractivity contribution in [2.45, 2.75) is 37.0 Å².